The molecule has 150 valence electrons. The van der Waals surface area contributed by atoms with E-state index in [1.54, 1.807) is 0 Å². The summed E-state index contributed by atoms with van der Waals surface area (Å²) in [7, 11) is 0. The molecule has 2 rings (SSSR count). The van der Waals surface area contributed by atoms with Gasteiger partial charge in [0.25, 0.3) is 6.47 Å². The van der Waals surface area contributed by atoms with Gasteiger partial charge >= 0.3 is 0 Å². The van der Waals surface area contributed by atoms with Gasteiger partial charge in [-0.2, -0.15) is 0 Å². The molecule has 0 aromatic rings. The van der Waals surface area contributed by atoms with E-state index in [1.807, 2.05) is 11.8 Å². The predicted octanol–water partition coefficient (Wildman–Crippen LogP) is 2.19. The molecule has 2 unspecified atom stereocenters. The van der Waals surface area contributed by atoms with Gasteiger partial charge in [0, 0.05) is 26.6 Å². The van der Waals surface area contributed by atoms with Crippen molar-refractivity contribution in [1.82, 2.24) is 10.2 Å². The lowest BCUT2D eigenvalue weighted by Crippen LogP contribution is -2.55. The molecule has 2 N–H and O–H groups in total. The second kappa shape index (κ2) is 12.7. The van der Waals surface area contributed by atoms with E-state index in [0.29, 0.717) is 12.5 Å². The van der Waals surface area contributed by atoms with E-state index in [2.05, 4.69) is 5.32 Å². The van der Waals surface area contributed by atoms with E-state index in [-0.39, 0.29) is 24.4 Å². The highest BCUT2D eigenvalue weighted by molar-refractivity contribution is 5.87. The summed E-state index contributed by atoms with van der Waals surface area (Å²) in [5, 5.41) is 9.70. The summed E-state index contributed by atoms with van der Waals surface area (Å²) in [5.41, 5.74) is 0. The SMILES string of the molecule is CC(=O)NC(C(=O)N1CCCCC1)C(C)OCC1CCCCC1.O=CO. The van der Waals surface area contributed by atoms with Gasteiger partial charge in [0.05, 0.1) is 6.10 Å². The molecule has 1 aliphatic heterocycles. The van der Waals surface area contributed by atoms with Crippen molar-refractivity contribution in [1.29, 1.82) is 0 Å². The third-order valence-electron chi connectivity index (χ3n) is 5.08. The first-order valence-electron chi connectivity index (χ1n) is 9.75. The van der Waals surface area contributed by atoms with Crippen molar-refractivity contribution in [3.63, 3.8) is 0 Å². The summed E-state index contributed by atoms with van der Waals surface area (Å²) in [6, 6.07) is -0.561. The van der Waals surface area contributed by atoms with Crippen molar-refractivity contribution in [3.05, 3.63) is 0 Å². The second-order valence-corrected chi connectivity index (χ2v) is 7.21. The predicted molar refractivity (Wildman–Crippen MR) is 98.7 cm³/mol. The molecule has 2 fully saturated rings. The highest BCUT2D eigenvalue weighted by atomic mass is 16.5. The van der Waals surface area contributed by atoms with Crippen LogP contribution in [0.1, 0.15) is 65.2 Å². The van der Waals surface area contributed by atoms with Crippen LogP contribution in [0.2, 0.25) is 0 Å². The van der Waals surface area contributed by atoms with E-state index >= 15 is 0 Å². The van der Waals surface area contributed by atoms with Crippen LogP contribution in [-0.2, 0) is 19.1 Å². The average Bonchev–Trinajstić information content (AvgIpc) is 2.65. The molecular formula is C19H34N2O5. The molecule has 1 saturated carbocycles. The van der Waals surface area contributed by atoms with Gasteiger partial charge in [-0.05, 0) is 44.9 Å². The monoisotopic (exact) mass is 370 g/mol. The second-order valence-electron chi connectivity index (χ2n) is 7.21. The number of ether oxygens (including phenoxy) is 1. The molecule has 2 aliphatic rings. The van der Waals surface area contributed by atoms with Crippen LogP contribution in [0.15, 0.2) is 0 Å². The van der Waals surface area contributed by atoms with Gasteiger partial charge in [0.1, 0.15) is 6.04 Å². The third-order valence-corrected chi connectivity index (χ3v) is 5.08. The first-order chi connectivity index (χ1) is 12.5. The maximum atomic E-state index is 12.8. The van der Waals surface area contributed by atoms with Crippen molar-refractivity contribution in [3.8, 4) is 0 Å². The van der Waals surface area contributed by atoms with E-state index in [4.69, 9.17) is 14.6 Å². The van der Waals surface area contributed by atoms with Gasteiger partial charge in [0.15, 0.2) is 0 Å². The van der Waals surface area contributed by atoms with E-state index < -0.39 is 6.04 Å². The Labute approximate surface area is 156 Å². The molecule has 1 heterocycles. The maximum Gasteiger partial charge on any atom is 0.290 e. The zero-order valence-corrected chi connectivity index (χ0v) is 16.1. The smallest absolute Gasteiger partial charge is 0.290 e. The van der Waals surface area contributed by atoms with Crippen LogP contribution in [0.3, 0.4) is 0 Å². The molecule has 1 saturated heterocycles. The van der Waals surface area contributed by atoms with Crippen molar-refractivity contribution >= 4 is 18.3 Å². The summed E-state index contributed by atoms with van der Waals surface area (Å²) in [6.45, 7) is 5.41. The number of piperidine rings is 1. The average molecular weight is 370 g/mol. The van der Waals surface area contributed by atoms with E-state index in [1.165, 1.54) is 45.4 Å². The summed E-state index contributed by atoms with van der Waals surface area (Å²) < 4.78 is 5.99. The van der Waals surface area contributed by atoms with Crippen LogP contribution in [0.25, 0.3) is 0 Å². The minimum Gasteiger partial charge on any atom is -0.483 e. The van der Waals surface area contributed by atoms with Crippen LogP contribution in [0.4, 0.5) is 0 Å². The molecule has 0 radical (unpaired) electrons. The Hall–Kier alpha value is -1.63. The van der Waals surface area contributed by atoms with Crippen molar-refractivity contribution in [2.45, 2.75) is 77.4 Å². The number of carbonyl (C=O) groups excluding carboxylic acids is 2. The quantitative estimate of drug-likeness (QED) is 0.699. The fourth-order valence-electron chi connectivity index (χ4n) is 3.65. The number of amides is 2. The van der Waals surface area contributed by atoms with E-state index in [9.17, 15) is 9.59 Å². The Bertz CT molecular complexity index is 432. The fraction of sp³-hybridized carbons (Fsp3) is 0.842. The Morgan fingerprint density at radius 1 is 1.15 bits per heavy atom. The number of carboxylic acid groups (broad SMARTS) is 1. The van der Waals surface area contributed by atoms with Crippen LogP contribution >= 0.6 is 0 Å². The number of rotatable bonds is 6. The number of hydrogen-bond acceptors (Lipinski definition) is 4. The lowest BCUT2D eigenvalue weighted by Gasteiger charge is -2.33. The molecule has 1 aliphatic carbocycles. The standard InChI is InChI=1S/C18H32N2O3.CH2O2/c1-14(23-13-16-9-5-3-6-10-16)17(19-15(2)21)18(22)20-11-7-4-8-12-20;2-1-3/h14,16-17H,3-13H2,1-2H3,(H,19,21);1H,(H,2,3). The number of likely N-dealkylation sites (tertiary alicyclic amines) is 1. The summed E-state index contributed by atoms with van der Waals surface area (Å²) in [6.07, 6.45) is 9.33. The molecule has 2 amide bonds. The molecule has 0 aromatic heterocycles. The number of nitrogens with one attached hydrogen (secondary N) is 1. The molecule has 7 nitrogen and oxygen atoms in total. The number of hydrogen-bond donors (Lipinski definition) is 2. The van der Waals surface area contributed by atoms with Crippen LogP contribution in [0.5, 0.6) is 0 Å². The fourth-order valence-corrected chi connectivity index (χ4v) is 3.65. The van der Waals surface area contributed by atoms with Crippen molar-refractivity contribution in [2.24, 2.45) is 5.92 Å². The topological polar surface area (TPSA) is 95.9 Å². The third kappa shape index (κ3) is 8.17. The Kier molecular flexibility index (Phi) is 10.9. The van der Waals surface area contributed by atoms with Crippen LogP contribution in [0, 0.1) is 5.92 Å². The summed E-state index contributed by atoms with van der Waals surface area (Å²) in [4.78, 5) is 34.5. The summed E-state index contributed by atoms with van der Waals surface area (Å²) >= 11 is 0. The first-order valence-corrected chi connectivity index (χ1v) is 9.75. The highest BCUT2D eigenvalue weighted by Gasteiger charge is 2.31. The van der Waals surface area contributed by atoms with E-state index in [0.717, 1.165) is 25.9 Å². The minimum atomic E-state index is -0.561. The Morgan fingerprint density at radius 3 is 2.23 bits per heavy atom. The highest BCUT2D eigenvalue weighted by Crippen LogP contribution is 2.24. The van der Waals surface area contributed by atoms with Gasteiger partial charge in [0.2, 0.25) is 11.8 Å². The lowest BCUT2D eigenvalue weighted by atomic mass is 9.90. The zero-order valence-electron chi connectivity index (χ0n) is 16.1. The van der Waals surface area contributed by atoms with Gasteiger partial charge in [-0.15, -0.1) is 0 Å². The van der Waals surface area contributed by atoms with Crippen LogP contribution < -0.4 is 5.32 Å². The number of nitrogens with zero attached hydrogens (tertiary/aromatic N) is 1. The normalized spacial score (nSPS) is 20.3. The molecule has 2 atom stereocenters. The Morgan fingerprint density at radius 2 is 1.69 bits per heavy atom. The molecule has 7 heteroatoms. The zero-order chi connectivity index (χ0) is 19.4. The molecule has 0 aromatic carbocycles. The van der Waals surface area contributed by atoms with Crippen LogP contribution in [-0.4, -0.2) is 60.1 Å². The van der Waals surface area contributed by atoms with Gasteiger partial charge < -0.3 is 20.1 Å². The minimum absolute atomic E-state index is 0.0102. The van der Waals surface area contributed by atoms with Gasteiger partial charge in [-0.25, -0.2) is 0 Å². The first kappa shape index (κ1) is 22.4. The van der Waals surface area contributed by atoms with Gasteiger partial charge in [-0.1, -0.05) is 19.3 Å². The molecule has 26 heavy (non-hydrogen) atoms. The molecule has 0 bridgehead atoms. The maximum absolute atomic E-state index is 12.8. The van der Waals surface area contributed by atoms with Crippen molar-refractivity contribution in [2.75, 3.05) is 19.7 Å². The molecule has 0 spiro atoms. The molecular weight excluding hydrogens is 336 g/mol. The largest absolute Gasteiger partial charge is 0.483 e. The Balaban J connectivity index is 0.00000105. The van der Waals surface area contributed by atoms with Crippen molar-refractivity contribution < 1.29 is 24.2 Å². The summed E-state index contributed by atoms with van der Waals surface area (Å²) in [5.74, 6) is 0.443. The lowest BCUT2D eigenvalue weighted by molar-refractivity contribution is -0.141. The number of carbonyl (C=O) groups is 3. The van der Waals surface area contributed by atoms with Gasteiger partial charge in [-0.3, -0.25) is 14.4 Å².